The zero-order valence-corrected chi connectivity index (χ0v) is 55.8. The van der Waals surface area contributed by atoms with Gasteiger partial charge in [0.15, 0.2) is 0 Å². The van der Waals surface area contributed by atoms with E-state index in [0.29, 0.717) is 84.4 Å². The normalized spacial score (nSPS) is 17.2. The summed E-state index contributed by atoms with van der Waals surface area (Å²) in [6.07, 6.45) is 4.36. The third kappa shape index (κ3) is 25.7. The van der Waals surface area contributed by atoms with Crippen molar-refractivity contribution in [3.8, 4) is 17.2 Å². The van der Waals surface area contributed by atoms with E-state index >= 15 is 0 Å². The maximum absolute atomic E-state index is 14.8. The van der Waals surface area contributed by atoms with Crippen LogP contribution in [-0.2, 0) is 51.0 Å². The van der Waals surface area contributed by atoms with E-state index in [0.717, 1.165) is 30.6 Å². The predicted octanol–water partition coefficient (Wildman–Crippen LogP) is 11.0. The van der Waals surface area contributed by atoms with Gasteiger partial charge in [0.05, 0.1) is 25.3 Å². The summed E-state index contributed by atoms with van der Waals surface area (Å²) in [6, 6.07) is 24.7. The number of piperidine rings is 1. The Morgan fingerprint density at radius 3 is 1.65 bits per heavy atom. The Morgan fingerprint density at radius 2 is 1.14 bits per heavy atom. The number of nitrogens with one attached hydrogen (secondary N) is 4. The first-order chi connectivity index (χ1) is 43.5. The first-order valence-electron chi connectivity index (χ1n) is 31.9. The minimum atomic E-state index is -1.21. The molecule has 0 aromatic heterocycles. The van der Waals surface area contributed by atoms with Gasteiger partial charge >= 0.3 is 36.1 Å². The number of fused-ring (bicyclic) bond motifs is 1. The van der Waals surface area contributed by atoms with Crippen molar-refractivity contribution in [2.24, 2.45) is 11.8 Å². The van der Waals surface area contributed by atoms with Gasteiger partial charge in [0, 0.05) is 66.1 Å². The molecule has 22 heteroatoms. The fourth-order valence-corrected chi connectivity index (χ4v) is 12.0. The van der Waals surface area contributed by atoms with Gasteiger partial charge in [0.25, 0.3) is 5.91 Å². The van der Waals surface area contributed by atoms with Crippen molar-refractivity contribution in [2.45, 2.75) is 205 Å². The molecule has 2 fully saturated rings. The van der Waals surface area contributed by atoms with Crippen LogP contribution in [0.1, 0.15) is 160 Å². The number of carboxylic acid groups (broad SMARTS) is 2. The molecule has 4 amide bonds. The summed E-state index contributed by atoms with van der Waals surface area (Å²) in [5.41, 5.74) is -0.0738. The zero-order chi connectivity index (χ0) is 67.2. The lowest BCUT2D eigenvalue weighted by Crippen LogP contribution is -2.61. The molecule has 2 aliphatic rings. The summed E-state index contributed by atoms with van der Waals surface area (Å²) in [5.74, 6) is -1.64. The largest absolute Gasteiger partial charge is 0.494 e. The number of ether oxygens (including phenoxy) is 6. The Morgan fingerprint density at radius 1 is 0.620 bits per heavy atom. The smallest absolute Gasteiger partial charge is 0.408 e. The van der Waals surface area contributed by atoms with Gasteiger partial charge in [-0.2, -0.15) is 0 Å². The molecule has 6 rings (SSSR count). The number of carboxylic acids is 2. The quantitative estimate of drug-likeness (QED) is 0.00898. The number of nitrogens with zero attached hydrogens (tertiary/aromatic N) is 1. The summed E-state index contributed by atoms with van der Waals surface area (Å²) in [6.45, 7) is 19.0. The number of unbranched alkanes of at least 4 members (excludes halogenated alkanes) is 2. The Kier molecular flexibility index (Phi) is 27.6. The van der Waals surface area contributed by atoms with Crippen molar-refractivity contribution in [2.75, 3.05) is 32.1 Å². The van der Waals surface area contributed by atoms with Crippen molar-refractivity contribution < 1.29 is 77.0 Å². The lowest BCUT2D eigenvalue weighted by molar-refractivity contribution is -0.153. The number of hydrogen-bond donors (Lipinski definition) is 6. The van der Waals surface area contributed by atoms with Crippen molar-refractivity contribution in [1.82, 2.24) is 26.2 Å². The van der Waals surface area contributed by atoms with Crippen LogP contribution in [0.15, 0.2) is 102 Å². The molecule has 0 bridgehead atoms. The number of amides is 4. The van der Waals surface area contributed by atoms with E-state index in [9.17, 15) is 48.6 Å². The number of carbonyl (C=O) groups excluding carboxylic acids is 6. The molecular weight excluding hydrogens is 1200 g/mol. The van der Waals surface area contributed by atoms with Crippen LogP contribution in [0, 0.1) is 18.8 Å². The fourth-order valence-electron chi connectivity index (χ4n) is 11.0. The molecule has 92 heavy (non-hydrogen) atoms. The number of esters is 2. The van der Waals surface area contributed by atoms with Crippen LogP contribution < -0.4 is 35.5 Å². The number of benzene rings is 4. The Balaban J connectivity index is 1.11. The highest BCUT2D eigenvalue weighted by atomic mass is 32.2. The van der Waals surface area contributed by atoms with E-state index in [4.69, 9.17) is 28.4 Å². The number of carbonyl (C=O) groups is 8. The Labute approximate surface area is 545 Å². The molecule has 1 saturated carbocycles. The molecule has 6 N–H and O–H groups in total. The number of rotatable bonds is 31. The summed E-state index contributed by atoms with van der Waals surface area (Å²) < 4.78 is 34.8. The number of likely N-dealkylation sites (tertiary alicyclic amines) is 1. The molecule has 21 nitrogen and oxygen atoms in total. The Hall–Kier alpha value is -7.85. The number of hydrogen-bond acceptors (Lipinski definition) is 16. The molecule has 0 radical (unpaired) electrons. The Bertz CT molecular complexity index is 3090. The van der Waals surface area contributed by atoms with Gasteiger partial charge in [-0.3, -0.25) is 24.1 Å². The van der Waals surface area contributed by atoms with Crippen LogP contribution in [0.2, 0.25) is 0 Å². The van der Waals surface area contributed by atoms with Gasteiger partial charge in [0.1, 0.15) is 46.6 Å². The first-order valence-corrected chi connectivity index (χ1v) is 32.9. The first kappa shape index (κ1) is 73.2. The molecule has 502 valence electrons. The molecule has 1 aliphatic heterocycles. The van der Waals surface area contributed by atoms with Crippen molar-refractivity contribution >= 4 is 59.6 Å². The van der Waals surface area contributed by atoms with Gasteiger partial charge in [0.2, 0.25) is 5.91 Å². The zero-order valence-electron chi connectivity index (χ0n) is 55.0. The van der Waals surface area contributed by atoms with Crippen molar-refractivity contribution in [3.05, 3.63) is 119 Å². The van der Waals surface area contributed by atoms with Gasteiger partial charge in [-0.1, -0.05) is 67.8 Å². The average molecular weight is 1290 g/mol. The number of alkyl carbamates (subject to hydrolysis) is 2. The van der Waals surface area contributed by atoms with E-state index in [1.54, 1.807) is 115 Å². The van der Waals surface area contributed by atoms with Crippen molar-refractivity contribution in [3.63, 3.8) is 0 Å². The average Bonchev–Trinajstić information content (AvgIpc) is 0.814. The van der Waals surface area contributed by atoms with E-state index in [1.807, 2.05) is 51.1 Å². The van der Waals surface area contributed by atoms with Crippen LogP contribution in [0.25, 0.3) is 0 Å². The molecule has 0 unspecified atom stereocenters. The molecule has 4 aromatic rings. The van der Waals surface area contributed by atoms with Crippen molar-refractivity contribution in [1.29, 1.82) is 0 Å². The number of aliphatic carboxylic acids is 2. The third-order valence-corrected chi connectivity index (χ3v) is 16.6. The monoisotopic (exact) mass is 1290 g/mol. The molecule has 1 aliphatic carbocycles. The molecule has 7 atom stereocenters. The molecule has 1 heterocycles. The van der Waals surface area contributed by atoms with Crippen LogP contribution >= 0.6 is 11.8 Å². The van der Waals surface area contributed by atoms with Crippen LogP contribution in [0.4, 0.5) is 9.59 Å². The fraction of sp³-hybridized carbons (Fsp3) is 0.543. The second-order valence-electron chi connectivity index (χ2n) is 26.8. The third-order valence-electron chi connectivity index (χ3n) is 15.5. The predicted molar refractivity (Wildman–Crippen MR) is 349 cm³/mol. The summed E-state index contributed by atoms with van der Waals surface area (Å²) in [7, 11) is 0. The van der Waals surface area contributed by atoms with E-state index in [2.05, 4.69) is 26.2 Å². The van der Waals surface area contributed by atoms with E-state index < -0.39 is 89.0 Å². The maximum Gasteiger partial charge on any atom is 0.408 e. The van der Waals surface area contributed by atoms with Crippen LogP contribution in [0.3, 0.4) is 0 Å². The van der Waals surface area contributed by atoms with Gasteiger partial charge in [-0.25, -0.2) is 19.2 Å². The topological polar surface area (TPSA) is 284 Å². The summed E-state index contributed by atoms with van der Waals surface area (Å²) in [5, 5.41) is 30.8. The minimum Gasteiger partial charge on any atom is -0.494 e. The van der Waals surface area contributed by atoms with Crippen LogP contribution in [-0.4, -0.2) is 142 Å². The highest BCUT2D eigenvalue weighted by Crippen LogP contribution is 2.39. The SMILES string of the molecule is Cc1c(OC(=O)CCCCOc2ccc(C[C@H](NC(=O)OC(C)(C)C)C(=O)O)cc2)cccc1C(=O)N[C@@H](CSc1ccccc1)[C@@H](CN1C[C@H]2CCCC[C@H]2C[C@H]1C(=O)NC(C)(C)C)OC(=O)CCCCOc1ccc(C[C@H](NC(=O)OC(C)(C)C)C(=O)O)cc1. The van der Waals surface area contributed by atoms with Gasteiger partial charge in [-0.15, -0.1) is 11.8 Å². The maximum atomic E-state index is 14.8. The van der Waals surface area contributed by atoms with E-state index in [-0.39, 0.29) is 62.7 Å². The van der Waals surface area contributed by atoms with Gasteiger partial charge in [-0.05, 0) is 179 Å². The molecule has 1 saturated heterocycles. The standard InChI is InChI=1S/C70H95N5O16S/c1-45-53(25-20-26-58(45)88-60(76)27-16-18-37-86-50-33-29-46(30-34-50)39-54(64(80)81)72-66(84)90-69(5,6)7)62(78)71-56(44-92-52-23-12-11-13-24-52)59(43-75-42-49-22-15-14-21-48(49)41-57(75)63(79)74-68(2,3)4)89-61(77)28-17-19-38-87-51-35-31-47(32-36-51)40-55(65(82)83)73-67(85)91-70(8,9)10/h11-13,20,23-26,29-36,48-49,54-57,59H,14-19,21-22,27-28,37-44H2,1-10H3,(H,71,78)(H,72,84)(H,73,85)(H,74,79)(H,80,81)(H,82,83)/t48-,49+,54-,55-,56-,57-,59+/m0/s1. The highest BCUT2D eigenvalue weighted by molar-refractivity contribution is 7.99. The highest BCUT2D eigenvalue weighted by Gasteiger charge is 2.43. The minimum absolute atomic E-state index is 0.0201. The summed E-state index contributed by atoms with van der Waals surface area (Å²) in [4.78, 5) is 108. The second kappa shape index (κ2) is 34.7. The molecule has 4 aromatic carbocycles. The van der Waals surface area contributed by atoms with E-state index in [1.165, 1.54) is 11.8 Å². The molecular formula is C70H95N5O16S. The van der Waals surface area contributed by atoms with Gasteiger partial charge < -0.3 is 59.9 Å². The lowest BCUT2D eigenvalue weighted by Gasteiger charge is -2.47. The molecule has 0 spiro atoms. The lowest BCUT2D eigenvalue weighted by atomic mass is 9.72. The summed E-state index contributed by atoms with van der Waals surface area (Å²) >= 11 is 1.50. The van der Waals surface area contributed by atoms with Crippen LogP contribution in [0.5, 0.6) is 17.2 Å². The number of thioether (sulfide) groups is 1. The second-order valence-corrected chi connectivity index (χ2v) is 27.9.